The van der Waals surface area contributed by atoms with Crippen LogP contribution in [0.5, 0.6) is 5.75 Å². The molecule has 1 heterocycles. The number of nitrogens with one attached hydrogen (secondary N) is 1. The van der Waals surface area contributed by atoms with E-state index in [1.807, 2.05) is 31.2 Å². The van der Waals surface area contributed by atoms with Gasteiger partial charge in [0.25, 0.3) is 5.91 Å². The number of unbranched alkanes of at least 4 members (excludes halogenated alkanes) is 1. The predicted molar refractivity (Wildman–Crippen MR) is 109 cm³/mol. The molecule has 1 fully saturated rings. The number of carbonyl (C=O) groups is 3. The van der Waals surface area contributed by atoms with Gasteiger partial charge in [0.15, 0.2) is 6.61 Å². The van der Waals surface area contributed by atoms with Gasteiger partial charge in [-0.15, -0.1) is 0 Å². The van der Waals surface area contributed by atoms with Crippen molar-refractivity contribution >= 4 is 17.8 Å². The molecule has 29 heavy (non-hydrogen) atoms. The van der Waals surface area contributed by atoms with Crippen molar-refractivity contribution in [1.29, 1.82) is 0 Å². The number of para-hydroxylation sites is 1. The minimum atomic E-state index is -0.542. The molecule has 7 nitrogen and oxygen atoms in total. The van der Waals surface area contributed by atoms with Gasteiger partial charge < -0.3 is 19.7 Å². The fraction of sp³-hybridized carbons (Fsp3) is 0.591. The number of rotatable bonds is 10. The van der Waals surface area contributed by atoms with Gasteiger partial charge in [-0.2, -0.15) is 0 Å². The first-order valence-electron chi connectivity index (χ1n) is 10.4. The zero-order valence-electron chi connectivity index (χ0n) is 17.6. The van der Waals surface area contributed by atoms with Crippen molar-refractivity contribution in [1.82, 2.24) is 10.2 Å². The summed E-state index contributed by atoms with van der Waals surface area (Å²) in [5.74, 6) is -0.656. The lowest BCUT2D eigenvalue weighted by Gasteiger charge is -2.40. The molecule has 1 aromatic rings. The molecule has 0 radical (unpaired) electrons. The van der Waals surface area contributed by atoms with Crippen LogP contribution in [0.15, 0.2) is 24.3 Å². The lowest BCUT2D eigenvalue weighted by atomic mass is 9.83. The van der Waals surface area contributed by atoms with E-state index in [1.54, 1.807) is 12.0 Å². The molecule has 0 bridgehead atoms. The van der Waals surface area contributed by atoms with Crippen molar-refractivity contribution in [3.8, 4) is 5.75 Å². The van der Waals surface area contributed by atoms with E-state index in [2.05, 4.69) is 12.2 Å². The Morgan fingerprint density at radius 1 is 1.21 bits per heavy atom. The molecule has 2 rings (SSSR count). The Hall–Kier alpha value is -2.57. The van der Waals surface area contributed by atoms with Crippen LogP contribution in [-0.2, 0) is 19.1 Å². The molecule has 1 aliphatic heterocycles. The second-order valence-corrected chi connectivity index (χ2v) is 7.23. The van der Waals surface area contributed by atoms with E-state index in [0.717, 1.165) is 24.8 Å². The Kier molecular flexibility index (Phi) is 8.96. The topological polar surface area (TPSA) is 84.9 Å². The largest absolute Gasteiger partial charge is 0.496 e. The van der Waals surface area contributed by atoms with E-state index in [1.165, 1.54) is 0 Å². The highest BCUT2D eigenvalue weighted by molar-refractivity contribution is 5.84. The zero-order valence-corrected chi connectivity index (χ0v) is 17.6. The predicted octanol–water partition coefficient (Wildman–Crippen LogP) is 2.84. The number of benzene rings is 1. The number of amides is 2. The van der Waals surface area contributed by atoms with Crippen LogP contribution in [0.4, 0.5) is 0 Å². The zero-order chi connectivity index (χ0) is 21.2. The number of methoxy groups -OCH3 is 1. The van der Waals surface area contributed by atoms with Crippen LogP contribution < -0.4 is 10.1 Å². The number of nitrogens with zero attached hydrogens (tertiary/aromatic N) is 1. The molecular weight excluding hydrogens is 372 g/mol. The van der Waals surface area contributed by atoms with Crippen LogP contribution in [0.25, 0.3) is 0 Å². The fourth-order valence-corrected chi connectivity index (χ4v) is 3.65. The van der Waals surface area contributed by atoms with Crippen molar-refractivity contribution in [3.05, 3.63) is 29.8 Å². The Morgan fingerprint density at radius 3 is 2.66 bits per heavy atom. The molecule has 7 heteroatoms. The molecule has 0 aromatic heterocycles. The third-order valence-electron chi connectivity index (χ3n) is 5.14. The fourth-order valence-electron chi connectivity index (χ4n) is 3.65. The summed E-state index contributed by atoms with van der Waals surface area (Å²) in [5.41, 5.74) is 0.788. The van der Waals surface area contributed by atoms with Crippen molar-refractivity contribution in [3.63, 3.8) is 0 Å². The third kappa shape index (κ3) is 5.95. The average molecular weight is 405 g/mol. The van der Waals surface area contributed by atoms with E-state index >= 15 is 0 Å². The molecule has 1 aromatic carbocycles. The van der Waals surface area contributed by atoms with Crippen LogP contribution in [0.2, 0.25) is 0 Å². The van der Waals surface area contributed by atoms with E-state index in [9.17, 15) is 14.4 Å². The average Bonchev–Trinajstić information content (AvgIpc) is 2.74. The van der Waals surface area contributed by atoms with Gasteiger partial charge in [-0.3, -0.25) is 14.4 Å². The molecule has 0 saturated carbocycles. The maximum absolute atomic E-state index is 12.9. The van der Waals surface area contributed by atoms with Crippen molar-refractivity contribution in [2.75, 3.05) is 26.8 Å². The minimum absolute atomic E-state index is 0.0269. The Bertz CT molecular complexity index is 706. The standard InChI is InChI=1S/C22H32N2O5/c1-4-6-14-24-20(26)12-11-17(22(27)29-15-19(25)23-13-5-2)21(24)16-9-7-8-10-18(16)28-3/h7-10,17,21H,4-6,11-15H2,1-3H3,(H,23,25)/t17-,21+/m0/s1. The molecule has 2 amide bonds. The SMILES string of the molecule is CCCCN1C(=O)CC[C@H](C(=O)OCC(=O)NCCC)[C@H]1c1ccccc1OC. The number of carbonyl (C=O) groups excluding carboxylic acids is 3. The number of esters is 1. The number of hydrogen-bond donors (Lipinski definition) is 1. The second-order valence-electron chi connectivity index (χ2n) is 7.23. The molecule has 1 aliphatic rings. The summed E-state index contributed by atoms with van der Waals surface area (Å²) < 4.78 is 10.8. The first kappa shape index (κ1) is 22.7. The molecule has 0 unspecified atom stereocenters. The Morgan fingerprint density at radius 2 is 1.97 bits per heavy atom. The first-order chi connectivity index (χ1) is 14.0. The van der Waals surface area contributed by atoms with Crippen molar-refractivity contribution in [2.45, 2.75) is 52.0 Å². The molecule has 1 N–H and O–H groups in total. The number of likely N-dealkylation sites (tertiary alicyclic amines) is 1. The monoisotopic (exact) mass is 404 g/mol. The number of hydrogen-bond acceptors (Lipinski definition) is 5. The molecule has 2 atom stereocenters. The lowest BCUT2D eigenvalue weighted by Crippen LogP contribution is -2.46. The summed E-state index contributed by atoms with van der Waals surface area (Å²) in [6.07, 6.45) is 3.27. The van der Waals surface area contributed by atoms with Gasteiger partial charge >= 0.3 is 5.97 Å². The van der Waals surface area contributed by atoms with Crippen LogP contribution in [0.1, 0.15) is 57.6 Å². The molecule has 160 valence electrons. The quantitative estimate of drug-likeness (QED) is 0.606. The van der Waals surface area contributed by atoms with Gasteiger partial charge in [0, 0.05) is 25.1 Å². The van der Waals surface area contributed by atoms with Gasteiger partial charge in [0.1, 0.15) is 5.75 Å². The van der Waals surface area contributed by atoms with Crippen molar-refractivity contribution in [2.24, 2.45) is 5.92 Å². The highest BCUT2D eigenvalue weighted by Crippen LogP contribution is 2.41. The van der Waals surface area contributed by atoms with E-state index in [-0.39, 0.29) is 24.8 Å². The summed E-state index contributed by atoms with van der Waals surface area (Å²) in [5, 5.41) is 2.69. The van der Waals surface area contributed by atoms with Crippen molar-refractivity contribution < 1.29 is 23.9 Å². The summed E-state index contributed by atoms with van der Waals surface area (Å²) in [6, 6.07) is 6.97. The highest BCUT2D eigenvalue weighted by Gasteiger charge is 2.42. The van der Waals surface area contributed by atoms with Gasteiger partial charge in [0.2, 0.25) is 5.91 Å². The summed E-state index contributed by atoms with van der Waals surface area (Å²) in [6.45, 7) is 4.82. The summed E-state index contributed by atoms with van der Waals surface area (Å²) >= 11 is 0. The van der Waals surface area contributed by atoms with Crippen LogP contribution in [-0.4, -0.2) is 49.5 Å². The molecule has 1 saturated heterocycles. The van der Waals surface area contributed by atoms with Gasteiger partial charge in [-0.25, -0.2) is 0 Å². The Labute approximate surface area is 172 Å². The van der Waals surface area contributed by atoms with E-state index < -0.39 is 17.9 Å². The maximum Gasteiger partial charge on any atom is 0.311 e. The highest BCUT2D eigenvalue weighted by atomic mass is 16.5. The molecular formula is C22H32N2O5. The lowest BCUT2D eigenvalue weighted by molar-refractivity contribution is -0.160. The number of piperidine rings is 1. The van der Waals surface area contributed by atoms with Gasteiger partial charge in [-0.05, 0) is 25.3 Å². The van der Waals surface area contributed by atoms with Gasteiger partial charge in [0.05, 0.1) is 19.1 Å². The maximum atomic E-state index is 12.9. The normalized spacial score (nSPS) is 19.0. The van der Waals surface area contributed by atoms with Gasteiger partial charge in [-0.1, -0.05) is 38.5 Å². The van der Waals surface area contributed by atoms with Crippen LogP contribution in [0.3, 0.4) is 0 Å². The second kappa shape index (κ2) is 11.4. The third-order valence-corrected chi connectivity index (χ3v) is 5.14. The summed E-state index contributed by atoms with van der Waals surface area (Å²) in [7, 11) is 1.57. The van der Waals surface area contributed by atoms with E-state index in [0.29, 0.717) is 25.3 Å². The smallest absolute Gasteiger partial charge is 0.311 e. The number of ether oxygens (including phenoxy) is 2. The van der Waals surface area contributed by atoms with Crippen LogP contribution >= 0.6 is 0 Å². The minimum Gasteiger partial charge on any atom is -0.496 e. The van der Waals surface area contributed by atoms with E-state index in [4.69, 9.17) is 9.47 Å². The Balaban J connectivity index is 2.26. The molecule has 0 aliphatic carbocycles. The van der Waals surface area contributed by atoms with Crippen LogP contribution in [0, 0.1) is 5.92 Å². The molecule has 0 spiro atoms. The summed E-state index contributed by atoms with van der Waals surface area (Å²) in [4.78, 5) is 39.2. The first-order valence-corrected chi connectivity index (χ1v) is 10.4.